The minimum atomic E-state index is -2.75. The van der Waals surface area contributed by atoms with E-state index in [0.717, 1.165) is 11.1 Å². The highest BCUT2D eigenvalue weighted by Gasteiger charge is 2.44. The van der Waals surface area contributed by atoms with E-state index in [-0.39, 0.29) is 6.54 Å². The first kappa shape index (κ1) is 24.2. The Bertz CT molecular complexity index is 1020. The van der Waals surface area contributed by atoms with Crippen molar-refractivity contribution in [1.29, 1.82) is 0 Å². The molecule has 0 saturated carbocycles. The summed E-state index contributed by atoms with van der Waals surface area (Å²) < 4.78 is 5.56. The minimum Gasteiger partial charge on any atom is -0.496 e. The van der Waals surface area contributed by atoms with E-state index in [1.54, 1.807) is 12.1 Å². The number of aliphatic hydroxyl groups is 2. The van der Waals surface area contributed by atoms with Gasteiger partial charge in [0.1, 0.15) is 5.75 Å². The predicted octanol–water partition coefficient (Wildman–Crippen LogP) is 2.07. The Labute approximate surface area is 190 Å². The molecular formula is C24H27NO8. The van der Waals surface area contributed by atoms with Gasteiger partial charge in [-0.15, -0.1) is 0 Å². The lowest BCUT2D eigenvalue weighted by Crippen LogP contribution is -2.50. The van der Waals surface area contributed by atoms with Crippen LogP contribution in [-0.2, 0) is 14.4 Å². The molecule has 2 aromatic carbocycles. The molecule has 3 atom stereocenters. The molecular weight excluding hydrogens is 430 g/mol. The molecule has 176 valence electrons. The Kier molecular flexibility index (Phi) is 7.35. The van der Waals surface area contributed by atoms with Crippen LogP contribution in [0.25, 0.3) is 11.1 Å². The summed E-state index contributed by atoms with van der Waals surface area (Å²) in [7, 11) is 1.48. The number of aliphatic carboxylic acids is 2. The molecule has 1 heterocycles. The Morgan fingerprint density at radius 1 is 1.06 bits per heavy atom. The van der Waals surface area contributed by atoms with Crippen molar-refractivity contribution in [3.63, 3.8) is 0 Å². The molecule has 2 aromatic rings. The number of carboxylic acids is 2. The maximum Gasteiger partial charge on any atom is 0.336 e. The maximum atomic E-state index is 13.1. The second-order valence-corrected chi connectivity index (χ2v) is 8.15. The number of nitrogens with zero attached hydrogens (tertiary/aromatic N) is 1. The first-order chi connectivity index (χ1) is 15.7. The average Bonchev–Trinajstić information content (AvgIpc) is 2.78. The molecule has 1 fully saturated rings. The zero-order chi connectivity index (χ0) is 24.2. The Morgan fingerprint density at radius 3 is 2.36 bits per heavy atom. The molecule has 0 radical (unpaired) electrons. The second-order valence-electron chi connectivity index (χ2n) is 8.15. The van der Waals surface area contributed by atoms with Gasteiger partial charge in [-0.2, -0.15) is 0 Å². The molecule has 0 aliphatic carbocycles. The van der Waals surface area contributed by atoms with Crippen molar-refractivity contribution in [2.75, 3.05) is 13.7 Å². The Balaban J connectivity index is 1.95. The zero-order valence-electron chi connectivity index (χ0n) is 18.2. The molecule has 33 heavy (non-hydrogen) atoms. The van der Waals surface area contributed by atoms with Crippen molar-refractivity contribution < 1.29 is 39.5 Å². The van der Waals surface area contributed by atoms with E-state index < -0.39 is 48.4 Å². The molecule has 1 aliphatic rings. The molecule has 9 heteroatoms. The Morgan fingerprint density at radius 2 is 1.76 bits per heavy atom. The molecule has 3 rings (SSSR count). The summed E-state index contributed by atoms with van der Waals surface area (Å²) in [5, 5.41) is 39.4. The van der Waals surface area contributed by atoms with Crippen LogP contribution < -0.4 is 4.74 Å². The molecule has 3 unspecified atom stereocenters. The summed E-state index contributed by atoms with van der Waals surface area (Å²) in [6.07, 6.45) is -2.11. The number of aliphatic hydroxyl groups excluding tert-OH is 1. The van der Waals surface area contributed by atoms with E-state index in [0.29, 0.717) is 24.2 Å². The van der Waals surface area contributed by atoms with Crippen LogP contribution >= 0.6 is 0 Å². The molecule has 1 saturated heterocycles. The van der Waals surface area contributed by atoms with Gasteiger partial charge in [0.05, 0.1) is 32.1 Å². The van der Waals surface area contributed by atoms with Crippen molar-refractivity contribution >= 4 is 17.8 Å². The molecule has 0 spiro atoms. The first-order valence-electron chi connectivity index (χ1n) is 10.5. The molecule has 1 amide bonds. The normalized spacial score (nSPS) is 20.0. The number of carboxylic acid groups (broad SMARTS) is 2. The molecule has 9 nitrogen and oxygen atoms in total. The Hall–Kier alpha value is -3.43. The number of carbonyl (C=O) groups excluding carboxylic acids is 1. The number of hydrogen-bond acceptors (Lipinski definition) is 6. The third kappa shape index (κ3) is 5.32. The van der Waals surface area contributed by atoms with Gasteiger partial charge in [0.25, 0.3) is 0 Å². The lowest BCUT2D eigenvalue weighted by atomic mass is 9.88. The van der Waals surface area contributed by atoms with Crippen LogP contribution in [0, 0.1) is 0 Å². The van der Waals surface area contributed by atoms with Crippen LogP contribution in [-0.4, -0.2) is 68.5 Å². The summed E-state index contributed by atoms with van der Waals surface area (Å²) in [5.41, 5.74) is -0.382. The second kappa shape index (κ2) is 10.0. The van der Waals surface area contributed by atoms with Gasteiger partial charge >= 0.3 is 11.9 Å². The van der Waals surface area contributed by atoms with Gasteiger partial charge in [0.2, 0.25) is 5.91 Å². The monoisotopic (exact) mass is 457 g/mol. The lowest BCUT2D eigenvalue weighted by Gasteiger charge is -2.41. The zero-order valence-corrected chi connectivity index (χ0v) is 18.2. The smallest absolute Gasteiger partial charge is 0.336 e. The van der Waals surface area contributed by atoms with E-state index in [1.165, 1.54) is 12.0 Å². The fourth-order valence-corrected chi connectivity index (χ4v) is 4.21. The number of rotatable bonds is 8. The van der Waals surface area contributed by atoms with Crippen LogP contribution in [0.1, 0.15) is 37.3 Å². The highest BCUT2D eigenvalue weighted by molar-refractivity contribution is 5.90. The van der Waals surface area contributed by atoms with Crippen molar-refractivity contribution in [2.24, 2.45) is 0 Å². The van der Waals surface area contributed by atoms with Crippen molar-refractivity contribution in [3.05, 3.63) is 54.1 Å². The predicted molar refractivity (Wildman–Crippen MR) is 118 cm³/mol. The maximum absolute atomic E-state index is 13.1. The van der Waals surface area contributed by atoms with Gasteiger partial charge < -0.3 is 30.1 Å². The number of ether oxygens (including phenoxy) is 1. The number of piperidine rings is 1. The van der Waals surface area contributed by atoms with Crippen molar-refractivity contribution in [2.45, 2.75) is 43.4 Å². The quantitative estimate of drug-likeness (QED) is 0.471. The van der Waals surface area contributed by atoms with Crippen LogP contribution in [0.3, 0.4) is 0 Å². The number of methoxy groups -OCH3 is 1. The van der Waals surface area contributed by atoms with Gasteiger partial charge in [-0.1, -0.05) is 42.5 Å². The molecule has 0 aromatic heterocycles. The van der Waals surface area contributed by atoms with E-state index >= 15 is 0 Å². The number of hydrogen-bond donors (Lipinski definition) is 4. The number of amides is 1. The third-order valence-corrected chi connectivity index (χ3v) is 5.86. The van der Waals surface area contributed by atoms with Crippen LogP contribution in [0.15, 0.2) is 48.5 Å². The lowest BCUT2D eigenvalue weighted by molar-refractivity contribution is -0.170. The van der Waals surface area contributed by atoms with E-state index in [4.69, 9.17) is 9.84 Å². The summed E-state index contributed by atoms with van der Waals surface area (Å²) in [6, 6.07) is 14.1. The highest BCUT2D eigenvalue weighted by atomic mass is 16.5. The first-order valence-corrected chi connectivity index (χ1v) is 10.5. The van der Waals surface area contributed by atoms with Gasteiger partial charge in [-0.3, -0.25) is 9.59 Å². The van der Waals surface area contributed by atoms with E-state index in [1.807, 2.05) is 36.4 Å². The molecule has 4 N–H and O–H groups in total. The summed E-state index contributed by atoms with van der Waals surface area (Å²) in [4.78, 5) is 36.9. The van der Waals surface area contributed by atoms with Gasteiger partial charge in [-0.25, -0.2) is 4.79 Å². The average molecular weight is 457 g/mol. The van der Waals surface area contributed by atoms with Gasteiger partial charge in [0, 0.05) is 12.1 Å². The molecule has 1 aliphatic heterocycles. The van der Waals surface area contributed by atoms with Crippen LogP contribution in [0.2, 0.25) is 0 Å². The highest BCUT2D eigenvalue weighted by Crippen LogP contribution is 2.39. The van der Waals surface area contributed by atoms with Gasteiger partial charge in [0.15, 0.2) is 5.60 Å². The number of carbonyl (C=O) groups is 3. The van der Waals surface area contributed by atoms with Crippen molar-refractivity contribution in [1.82, 2.24) is 4.90 Å². The van der Waals surface area contributed by atoms with Crippen molar-refractivity contribution in [3.8, 4) is 16.9 Å². The summed E-state index contributed by atoms with van der Waals surface area (Å²) >= 11 is 0. The fourth-order valence-electron chi connectivity index (χ4n) is 4.21. The van der Waals surface area contributed by atoms with E-state index in [2.05, 4.69) is 0 Å². The largest absolute Gasteiger partial charge is 0.496 e. The summed E-state index contributed by atoms with van der Waals surface area (Å²) in [5.74, 6) is -3.66. The van der Waals surface area contributed by atoms with Crippen LogP contribution in [0.4, 0.5) is 0 Å². The third-order valence-electron chi connectivity index (χ3n) is 5.86. The minimum absolute atomic E-state index is 0.215. The number of benzene rings is 2. The summed E-state index contributed by atoms with van der Waals surface area (Å²) in [6.45, 7) is 0.215. The van der Waals surface area contributed by atoms with Crippen LogP contribution in [0.5, 0.6) is 5.75 Å². The fraction of sp³-hybridized carbons (Fsp3) is 0.375. The number of likely N-dealkylation sites (tertiary alicyclic amines) is 1. The standard InChI is InChI=1S/C24H27NO8/c1-33-19-12-16(15-6-3-2-4-7-15)9-10-17(19)22-18(26)8-5-11-25(22)20(27)13-24(32,23(30)31)14-21(28)29/h2-4,6-7,9-10,12,18,22,26,32H,5,8,11,13-14H2,1H3,(H,28,29)(H,30,31). The SMILES string of the molecule is COc1cc(-c2ccccc2)ccc1C1C(O)CCCN1C(=O)CC(O)(CC(=O)O)C(=O)O. The molecule has 0 bridgehead atoms. The van der Waals surface area contributed by atoms with E-state index in [9.17, 15) is 29.7 Å². The van der Waals surface area contributed by atoms with Gasteiger partial charge in [-0.05, 0) is 30.0 Å². The topological polar surface area (TPSA) is 145 Å².